The zero-order valence-electron chi connectivity index (χ0n) is 16.6. The number of nitrogens with zero attached hydrogens (tertiary/aromatic N) is 4. The minimum atomic E-state index is -0.517. The lowest BCUT2D eigenvalue weighted by Gasteiger charge is -2.04. The number of aromatic nitrogens is 4. The topological polar surface area (TPSA) is 78.5 Å². The van der Waals surface area contributed by atoms with Gasteiger partial charge in [0, 0.05) is 29.6 Å². The molecule has 0 bridgehead atoms. The number of para-hydroxylation sites is 1. The number of carbonyl (C=O) groups excluding carboxylic acids is 1. The molecule has 0 aliphatic carbocycles. The normalized spacial score (nSPS) is 11.3. The fourth-order valence-corrected chi connectivity index (χ4v) is 3.24. The molecule has 0 atom stereocenters. The van der Waals surface area contributed by atoms with Gasteiger partial charge in [0.15, 0.2) is 0 Å². The van der Waals surface area contributed by atoms with Gasteiger partial charge < -0.3 is 4.74 Å². The third-order valence-corrected chi connectivity index (χ3v) is 4.72. The van der Waals surface area contributed by atoms with Crippen molar-refractivity contribution in [1.29, 1.82) is 0 Å². The molecule has 3 heterocycles. The first-order chi connectivity index (χ1) is 14.5. The van der Waals surface area contributed by atoms with Crippen molar-refractivity contribution < 1.29 is 9.53 Å². The van der Waals surface area contributed by atoms with Crippen LogP contribution in [0.2, 0.25) is 0 Å². The number of benzene rings is 1. The molecule has 30 heavy (non-hydrogen) atoms. The Hall–Kier alpha value is -4.00. The highest BCUT2D eigenvalue weighted by molar-refractivity contribution is 5.87. The van der Waals surface area contributed by atoms with Crippen LogP contribution in [0.1, 0.15) is 22.6 Å². The molecule has 3 aromatic heterocycles. The van der Waals surface area contributed by atoms with Gasteiger partial charge in [0.1, 0.15) is 12.3 Å². The van der Waals surface area contributed by atoms with Gasteiger partial charge in [-0.1, -0.05) is 24.3 Å². The SMILES string of the molecule is Cc1nn(-c2ccccc2)c(C)c1/C=C/C(=O)OCc1cc(=O)n2ccccc2n1. The molecule has 0 aliphatic rings. The van der Waals surface area contributed by atoms with Gasteiger partial charge in [0.25, 0.3) is 5.56 Å². The standard InChI is InChI=1S/C23H20N4O3/c1-16-20(17(2)27(25-16)19-8-4-3-5-9-19)11-12-23(29)30-15-18-14-22(28)26-13-7-6-10-21(26)24-18/h3-14H,15H2,1-2H3/b12-11+. The molecule has 0 spiro atoms. The van der Waals surface area contributed by atoms with Crippen LogP contribution in [0.25, 0.3) is 17.4 Å². The highest BCUT2D eigenvalue weighted by Gasteiger charge is 2.11. The second kappa shape index (κ2) is 8.16. The second-order valence-electron chi connectivity index (χ2n) is 6.79. The smallest absolute Gasteiger partial charge is 0.331 e. The zero-order valence-corrected chi connectivity index (χ0v) is 16.6. The number of rotatable bonds is 5. The van der Waals surface area contributed by atoms with Crippen LogP contribution < -0.4 is 5.56 Å². The van der Waals surface area contributed by atoms with Crippen LogP contribution in [0.5, 0.6) is 0 Å². The molecule has 7 nitrogen and oxygen atoms in total. The van der Waals surface area contributed by atoms with Crippen molar-refractivity contribution in [2.45, 2.75) is 20.5 Å². The summed E-state index contributed by atoms with van der Waals surface area (Å²) < 4.78 is 8.53. The average molecular weight is 400 g/mol. The maximum absolute atomic E-state index is 12.2. The predicted octanol–water partition coefficient (Wildman–Crippen LogP) is 3.25. The van der Waals surface area contributed by atoms with Crippen molar-refractivity contribution in [2.75, 3.05) is 0 Å². The molecule has 4 rings (SSSR count). The summed E-state index contributed by atoms with van der Waals surface area (Å²) in [4.78, 5) is 28.6. The van der Waals surface area contributed by atoms with Crippen molar-refractivity contribution in [2.24, 2.45) is 0 Å². The molecule has 4 aromatic rings. The van der Waals surface area contributed by atoms with Crippen LogP contribution >= 0.6 is 0 Å². The molecule has 0 radical (unpaired) electrons. The first-order valence-electron chi connectivity index (χ1n) is 9.47. The Bertz CT molecular complexity index is 1300. The lowest BCUT2D eigenvalue weighted by atomic mass is 10.2. The monoisotopic (exact) mass is 400 g/mol. The molecule has 0 aliphatic heterocycles. The number of esters is 1. The van der Waals surface area contributed by atoms with E-state index in [9.17, 15) is 9.59 Å². The van der Waals surface area contributed by atoms with Gasteiger partial charge in [0.2, 0.25) is 0 Å². The Labute approximate surface area is 172 Å². The minimum absolute atomic E-state index is 0.0783. The van der Waals surface area contributed by atoms with Crippen LogP contribution in [-0.2, 0) is 16.1 Å². The van der Waals surface area contributed by atoms with E-state index in [1.54, 1.807) is 30.5 Å². The molecule has 1 aromatic carbocycles. The van der Waals surface area contributed by atoms with E-state index in [2.05, 4.69) is 10.1 Å². The molecule has 0 N–H and O–H groups in total. The van der Waals surface area contributed by atoms with Crippen molar-refractivity contribution in [3.8, 4) is 5.69 Å². The molecule has 0 fully saturated rings. The summed E-state index contributed by atoms with van der Waals surface area (Å²) in [7, 11) is 0. The van der Waals surface area contributed by atoms with E-state index in [-0.39, 0.29) is 12.2 Å². The van der Waals surface area contributed by atoms with Crippen LogP contribution in [-0.4, -0.2) is 25.1 Å². The van der Waals surface area contributed by atoms with Crippen LogP contribution in [0.4, 0.5) is 0 Å². The van der Waals surface area contributed by atoms with E-state index >= 15 is 0 Å². The van der Waals surface area contributed by atoms with Crippen LogP contribution in [0.3, 0.4) is 0 Å². The molecule has 150 valence electrons. The first-order valence-corrected chi connectivity index (χ1v) is 9.47. The van der Waals surface area contributed by atoms with Gasteiger partial charge in [-0.05, 0) is 44.2 Å². The number of ether oxygens (including phenoxy) is 1. The summed E-state index contributed by atoms with van der Waals surface area (Å²) in [6.07, 6.45) is 4.70. The van der Waals surface area contributed by atoms with E-state index in [4.69, 9.17) is 4.74 Å². The molecule has 0 saturated carbocycles. The summed E-state index contributed by atoms with van der Waals surface area (Å²) in [6.45, 7) is 3.76. The van der Waals surface area contributed by atoms with Crippen LogP contribution in [0, 0.1) is 13.8 Å². The Morgan fingerprint density at radius 3 is 2.67 bits per heavy atom. The Morgan fingerprint density at radius 2 is 1.87 bits per heavy atom. The van der Waals surface area contributed by atoms with E-state index in [0.717, 1.165) is 22.6 Å². The quantitative estimate of drug-likeness (QED) is 0.380. The Morgan fingerprint density at radius 1 is 1.10 bits per heavy atom. The second-order valence-corrected chi connectivity index (χ2v) is 6.79. The third-order valence-electron chi connectivity index (χ3n) is 4.72. The van der Waals surface area contributed by atoms with Gasteiger partial charge in [0.05, 0.1) is 17.1 Å². The maximum atomic E-state index is 12.2. The van der Waals surface area contributed by atoms with Crippen molar-refractivity contribution in [3.05, 3.63) is 99.9 Å². The van der Waals surface area contributed by atoms with E-state index < -0.39 is 5.97 Å². The lowest BCUT2D eigenvalue weighted by Crippen LogP contribution is -2.16. The lowest BCUT2D eigenvalue weighted by molar-refractivity contribution is -0.139. The van der Waals surface area contributed by atoms with E-state index in [1.165, 1.54) is 16.5 Å². The Balaban J connectivity index is 1.47. The van der Waals surface area contributed by atoms with Crippen molar-refractivity contribution in [1.82, 2.24) is 19.2 Å². The van der Waals surface area contributed by atoms with Gasteiger partial charge in [-0.25, -0.2) is 14.5 Å². The Kier molecular flexibility index (Phi) is 5.26. The number of carbonyl (C=O) groups is 1. The molecule has 0 amide bonds. The fourth-order valence-electron chi connectivity index (χ4n) is 3.24. The summed E-state index contributed by atoms with van der Waals surface area (Å²) >= 11 is 0. The number of aryl methyl sites for hydroxylation is 1. The maximum Gasteiger partial charge on any atom is 0.331 e. The molecule has 0 saturated heterocycles. The van der Waals surface area contributed by atoms with Gasteiger partial charge in [-0.2, -0.15) is 5.10 Å². The average Bonchev–Trinajstić information content (AvgIpc) is 3.05. The fraction of sp³-hybridized carbons (Fsp3) is 0.130. The summed E-state index contributed by atoms with van der Waals surface area (Å²) in [6, 6.07) is 16.4. The van der Waals surface area contributed by atoms with Crippen molar-refractivity contribution >= 4 is 17.7 Å². The minimum Gasteiger partial charge on any atom is -0.456 e. The van der Waals surface area contributed by atoms with E-state index in [1.807, 2.05) is 48.9 Å². The summed E-state index contributed by atoms with van der Waals surface area (Å²) in [5.74, 6) is -0.517. The number of hydrogen-bond donors (Lipinski definition) is 0. The molecular weight excluding hydrogens is 380 g/mol. The highest BCUT2D eigenvalue weighted by Crippen LogP contribution is 2.19. The van der Waals surface area contributed by atoms with Gasteiger partial charge in [-0.15, -0.1) is 0 Å². The highest BCUT2D eigenvalue weighted by atomic mass is 16.5. The van der Waals surface area contributed by atoms with Crippen LogP contribution in [0.15, 0.2) is 71.7 Å². The molecular formula is C23H20N4O3. The third kappa shape index (κ3) is 3.91. The first kappa shape index (κ1) is 19.3. The molecule has 0 unspecified atom stereocenters. The summed E-state index contributed by atoms with van der Waals surface area (Å²) in [5, 5.41) is 4.56. The van der Waals surface area contributed by atoms with Crippen molar-refractivity contribution in [3.63, 3.8) is 0 Å². The number of pyridine rings is 1. The number of fused-ring (bicyclic) bond motifs is 1. The zero-order chi connectivity index (χ0) is 21.1. The number of hydrogen-bond acceptors (Lipinski definition) is 5. The molecule has 7 heteroatoms. The summed E-state index contributed by atoms with van der Waals surface area (Å²) in [5.41, 5.74) is 4.23. The van der Waals surface area contributed by atoms with Gasteiger partial charge >= 0.3 is 5.97 Å². The predicted molar refractivity (Wildman–Crippen MR) is 113 cm³/mol. The van der Waals surface area contributed by atoms with Gasteiger partial charge in [-0.3, -0.25) is 9.20 Å². The van der Waals surface area contributed by atoms with E-state index in [0.29, 0.717) is 11.3 Å². The largest absolute Gasteiger partial charge is 0.456 e.